The summed E-state index contributed by atoms with van der Waals surface area (Å²) in [6, 6.07) is 12.8. The average Bonchev–Trinajstić information content (AvgIpc) is 3.20. The Kier molecular flexibility index (Phi) is 6.33. The summed E-state index contributed by atoms with van der Waals surface area (Å²) < 4.78 is 41.4. The molecule has 10 nitrogen and oxygen atoms in total. The number of methoxy groups -OCH3 is 1. The Bertz CT molecular complexity index is 1130. The number of amides is 1. The lowest BCUT2D eigenvalue weighted by atomic mass is 10.2. The van der Waals surface area contributed by atoms with Gasteiger partial charge in [-0.3, -0.25) is 10.1 Å². The first-order chi connectivity index (χ1) is 14.3. The highest BCUT2D eigenvalue weighted by atomic mass is 32.2. The Morgan fingerprint density at radius 2 is 1.73 bits per heavy atom. The summed E-state index contributed by atoms with van der Waals surface area (Å²) in [6.45, 7) is -0.283. The molecule has 1 heterocycles. The second kappa shape index (κ2) is 8.93. The van der Waals surface area contributed by atoms with Crippen LogP contribution in [0.2, 0.25) is 0 Å². The van der Waals surface area contributed by atoms with Gasteiger partial charge in [0.1, 0.15) is 0 Å². The first kappa shape index (κ1) is 21.3. The van der Waals surface area contributed by atoms with E-state index in [0.29, 0.717) is 17.1 Å². The minimum absolute atomic E-state index is 0.108. The molecular formula is C19H20N4O6S. The molecule has 0 aliphatic rings. The largest absolute Gasteiger partial charge is 0.493 e. The summed E-state index contributed by atoms with van der Waals surface area (Å²) in [5, 5.41) is 10.1. The van der Waals surface area contributed by atoms with Gasteiger partial charge in [-0.2, -0.15) is 0 Å². The molecule has 0 fully saturated rings. The first-order valence-corrected chi connectivity index (χ1v) is 10.2. The van der Waals surface area contributed by atoms with Crippen LogP contribution in [0.15, 0.2) is 57.8 Å². The van der Waals surface area contributed by atoms with Crippen molar-refractivity contribution in [1.82, 2.24) is 14.5 Å². The summed E-state index contributed by atoms with van der Waals surface area (Å²) >= 11 is 0. The minimum Gasteiger partial charge on any atom is -0.493 e. The van der Waals surface area contributed by atoms with Gasteiger partial charge in [-0.15, -0.1) is 5.10 Å². The van der Waals surface area contributed by atoms with Crippen LogP contribution in [0, 0.1) is 0 Å². The molecule has 0 spiro atoms. The molecule has 0 saturated carbocycles. The van der Waals surface area contributed by atoms with E-state index in [1.807, 2.05) is 0 Å². The molecule has 158 valence electrons. The standard InChI is InChI=1S/C19H20N4O6S/c1-23(2)30(25,26)14-10-8-13(9-11-14)18-21-22-19(29-18)20-17(24)12-28-16-7-5-4-6-15(16)27-3/h4-11H,12H2,1-3H3,(H,20,22,24). The fraction of sp³-hybridized carbons (Fsp3) is 0.211. The van der Waals surface area contributed by atoms with E-state index in [-0.39, 0.29) is 23.4 Å². The lowest BCUT2D eigenvalue weighted by Gasteiger charge is -2.11. The van der Waals surface area contributed by atoms with Crippen LogP contribution in [0.5, 0.6) is 11.5 Å². The Hall–Kier alpha value is -3.44. The van der Waals surface area contributed by atoms with E-state index in [2.05, 4.69) is 15.5 Å². The van der Waals surface area contributed by atoms with Crippen LogP contribution in [0.3, 0.4) is 0 Å². The second-order valence-corrected chi connectivity index (χ2v) is 8.36. The average molecular weight is 432 g/mol. The number of sulfonamides is 1. The van der Waals surface area contributed by atoms with Crippen LogP contribution in [0.25, 0.3) is 11.5 Å². The highest BCUT2D eigenvalue weighted by Crippen LogP contribution is 2.26. The smallest absolute Gasteiger partial charge is 0.322 e. The van der Waals surface area contributed by atoms with Gasteiger partial charge in [0, 0.05) is 19.7 Å². The molecule has 2 aromatic carbocycles. The molecule has 1 aromatic heterocycles. The summed E-state index contributed by atoms with van der Waals surface area (Å²) in [5.74, 6) is 0.563. The van der Waals surface area contributed by atoms with E-state index in [9.17, 15) is 13.2 Å². The quantitative estimate of drug-likeness (QED) is 0.573. The number of hydrogen-bond donors (Lipinski definition) is 1. The van der Waals surface area contributed by atoms with Crippen LogP contribution in [0.4, 0.5) is 6.01 Å². The van der Waals surface area contributed by atoms with Gasteiger partial charge in [0.2, 0.25) is 15.9 Å². The third kappa shape index (κ3) is 4.75. The molecule has 0 atom stereocenters. The third-order valence-corrected chi connectivity index (χ3v) is 5.81. The number of carbonyl (C=O) groups excluding carboxylic acids is 1. The molecule has 1 amide bonds. The molecule has 0 bridgehead atoms. The number of nitrogens with one attached hydrogen (secondary N) is 1. The highest BCUT2D eigenvalue weighted by molar-refractivity contribution is 7.89. The van der Waals surface area contributed by atoms with Gasteiger partial charge in [0.15, 0.2) is 18.1 Å². The fourth-order valence-electron chi connectivity index (χ4n) is 2.41. The van der Waals surface area contributed by atoms with Gasteiger partial charge >= 0.3 is 6.01 Å². The lowest BCUT2D eigenvalue weighted by Crippen LogP contribution is -2.22. The number of rotatable bonds is 8. The van der Waals surface area contributed by atoms with Gasteiger partial charge in [-0.1, -0.05) is 17.2 Å². The molecule has 3 rings (SSSR count). The van der Waals surface area contributed by atoms with Crippen LogP contribution < -0.4 is 14.8 Å². The van der Waals surface area contributed by atoms with Crippen molar-refractivity contribution >= 4 is 21.9 Å². The molecule has 11 heteroatoms. The van der Waals surface area contributed by atoms with Crippen molar-refractivity contribution < 1.29 is 27.1 Å². The number of benzene rings is 2. The van der Waals surface area contributed by atoms with Crippen molar-refractivity contribution in [3.8, 4) is 23.0 Å². The van der Waals surface area contributed by atoms with Crippen molar-refractivity contribution in [2.75, 3.05) is 33.1 Å². The number of nitrogens with zero attached hydrogens (tertiary/aromatic N) is 3. The van der Waals surface area contributed by atoms with Crippen LogP contribution in [0.1, 0.15) is 0 Å². The molecule has 0 aliphatic carbocycles. The van der Waals surface area contributed by atoms with E-state index in [0.717, 1.165) is 4.31 Å². The zero-order valence-electron chi connectivity index (χ0n) is 16.5. The minimum atomic E-state index is -3.53. The summed E-state index contributed by atoms with van der Waals surface area (Å²) in [6.07, 6.45) is 0. The molecule has 0 unspecified atom stereocenters. The van der Waals surface area contributed by atoms with Crippen molar-refractivity contribution in [2.45, 2.75) is 4.90 Å². The number of carbonyl (C=O) groups is 1. The van der Waals surface area contributed by atoms with Crippen LogP contribution in [-0.4, -0.2) is 56.6 Å². The van der Waals surface area contributed by atoms with Gasteiger partial charge in [0.25, 0.3) is 5.91 Å². The van der Waals surface area contributed by atoms with Crippen LogP contribution >= 0.6 is 0 Å². The maximum Gasteiger partial charge on any atom is 0.322 e. The monoisotopic (exact) mass is 432 g/mol. The number of para-hydroxylation sites is 2. The fourth-order valence-corrected chi connectivity index (χ4v) is 3.31. The zero-order chi connectivity index (χ0) is 21.7. The Balaban J connectivity index is 1.63. The van der Waals surface area contributed by atoms with Gasteiger partial charge < -0.3 is 13.9 Å². The molecule has 0 saturated heterocycles. The van der Waals surface area contributed by atoms with E-state index >= 15 is 0 Å². The van der Waals surface area contributed by atoms with Gasteiger partial charge in [-0.25, -0.2) is 12.7 Å². The van der Waals surface area contributed by atoms with Crippen molar-refractivity contribution in [3.63, 3.8) is 0 Å². The number of anilines is 1. The molecule has 0 radical (unpaired) electrons. The summed E-state index contributed by atoms with van der Waals surface area (Å²) in [7, 11) is 0.875. The normalized spacial score (nSPS) is 11.3. The summed E-state index contributed by atoms with van der Waals surface area (Å²) in [4.78, 5) is 12.2. The lowest BCUT2D eigenvalue weighted by molar-refractivity contribution is -0.118. The third-order valence-electron chi connectivity index (χ3n) is 3.98. The van der Waals surface area contributed by atoms with E-state index in [1.54, 1.807) is 36.4 Å². The van der Waals surface area contributed by atoms with Gasteiger partial charge in [-0.05, 0) is 36.4 Å². The Morgan fingerprint density at radius 1 is 1.07 bits per heavy atom. The Labute approximate surface area is 173 Å². The first-order valence-electron chi connectivity index (χ1n) is 8.73. The maximum atomic E-state index is 12.1. The highest BCUT2D eigenvalue weighted by Gasteiger charge is 2.18. The topological polar surface area (TPSA) is 124 Å². The molecular weight excluding hydrogens is 412 g/mol. The van der Waals surface area contributed by atoms with E-state index in [1.165, 1.54) is 33.3 Å². The van der Waals surface area contributed by atoms with Crippen molar-refractivity contribution in [3.05, 3.63) is 48.5 Å². The van der Waals surface area contributed by atoms with E-state index in [4.69, 9.17) is 13.9 Å². The Morgan fingerprint density at radius 3 is 2.37 bits per heavy atom. The molecule has 0 aliphatic heterocycles. The molecule has 3 aromatic rings. The van der Waals surface area contributed by atoms with Crippen LogP contribution in [-0.2, 0) is 14.8 Å². The predicted molar refractivity (Wildman–Crippen MR) is 108 cm³/mol. The number of ether oxygens (including phenoxy) is 2. The molecule has 30 heavy (non-hydrogen) atoms. The maximum absolute atomic E-state index is 12.1. The van der Waals surface area contributed by atoms with Crippen molar-refractivity contribution in [1.29, 1.82) is 0 Å². The van der Waals surface area contributed by atoms with Gasteiger partial charge in [0.05, 0.1) is 12.0 Å². The molecule has 1 N–H and O–H groups in total. The number of aromatic nitrogens is 2. The zero-order valence-corrected chi connectivity index (χ0v) is 17.3. The van der Waals surface area contributed by atoms with Crippen molar-refractivity contribution in [2.24, 2.45) is 0 Å². The number of hydrogen-bond acceptors (Lipinski definition) is 8. The second-order valence-electron chi connectivity index (χ2n) is 6.21. The van der Waals surface area contributed by atoms with E-state index < -0.39 is 15.9 Å². The summed E-state index contributed by atoms with van der Waals surface area (Å²) in [5.41, 5.74) is 0.506. The predicted octanol–water partition coefficient (Wildman–Crippen LogP) is 2.01. The SMILES string of the molecule is COc1ccccc1OCC(=O)Nc1nnc(-c2ccc(S(=O)(=O)N(C)C)cc2)o1.